The van der Waals surface area contributed by atoms with Crippen molar-refractivity contribution in [2.24, 2.45) is 5.10 Å². The number of nitrogens with one attached hydrogen (secondary N) is 1. The predicted octanol–water partition coefficient (Wildman–Crippen LogP) is 6.35. The molecule has 1 amide bonds. The van der Waals surface area contributed by atoms with Crippen LogP contribution in [-0.2, 0) is 6.61 Å². The topological polar surface area (TPSA) is 64.8 Å². The number of carbonyl (C=O) groups is 1. The van der Waals surface area contributed by atoms with Gasteiger partial charge in [0.15, 0.2) is 11.5 Å². The van der Waals surface area contributed by atoms with Gasteiger partial charge in [-0.25, -0.2) is 5.43 Å². The minimum absolute atomic E-state index is 0.307. The molecule has 4 aromatic rings. The van der Waals surface area contributed by atoms with Crippen LogP contribution < -0.4 is 14.9 Å². The first-order valence-corrected chi connectivity index (χ1v) is 11.9. The number of hydrazone groups is 1. The third-order valence-corrected chi connectivity index (χ3v) is 6.21. The fraction of sp³-hybridized carbons (Fsp3) is 0.0769. The van der Waals surface area contributed by atoms with Crippen molar-refractivity contribution in [1.29, 1.82) is 0 Å². The Bertz CT molecular complexity index is 1300. The molecule has 8 heteroatoms. The van der Waals surface area contributed by atoms with Crippen molar-refractivity contribution in [3.8, 4) is 17.2 Å². The van der Waals surface area contributed by atoms with E-state index in [1.807, 2.05) is 77.6 Å². The quantitative estimate of drug-likeness (QED) is 0.194. The molecule has 0 aliphatic carbocycles. The van der Waals surface area contributed by atoms with Crippen LogP contribution in [0.25, 0.3) is 5.69 Å². The number of benzene rings is 3. The number of para-hydroxylation sites is 1. The van der Waals surface area contributed by atoms with Gasteiger partial charge in [-0.15, -0.1) is 0 Å². The Kier molecular flexibility index (Phi) is 7.82. The molecule has 1 aromatic heterocycles. The second-order valence-corrected chi connectivity index (χ2v) is 9.02. The van der Waals surface area contributed by atoms with Crippen LogP contribution in [0, 0.1) is 0 Å². The van der Waals surface area contributed by atoms with E-state index in [4.69, 9.17) is 9.47 Å². The van der Waals surface area contributed by atoms with Crippen LogP contribution in [0.5, 0.6) is 11.5 Å². The molecular weight excluding hydrogens is 562 g/mol. The van der Waals surface area contributed by atoms with Crippen molar-refractivity contribution in [2.75, 3.05) is 7.11 Å². The van der Waals surface area contributed by atoms with Gasteiger partial charge in [-0.2, -0.15) is 5.10 Å². The molecule has 0 aliphatic heterocycles. The number of aromatic nitrogens is 1. The van der Waals surface area contributed by atoms with Crippen molar-refractivity contribution in [3.63, 3.8) is 0 Å². The fourth-order valence-corrected chi connectivity index (χ4v) is 3.96. The molecule has 0 spiro atoms. The van der Waals surface area contributed by atoms with Gasteiger partial charge in [-0.1, -0.05) is 40.2 Å². The summed E-state index contributed by atoms with van der Waals surface area (Å²) in [5, 5.41) is 4.14. The molecule has 34 heavy (non-hydrogen) atoms. The van der Waals surface area contributed by atoms with E-state index in [0.29, 0.717) is 23.7 Å². The second-order valence-electron chi connectivity index (χ2n) is 7.25. The third-order valence-electron chi connectivity index (χ3n) is 4.99. The number of hydrogen-bond donors (Lipinski definition) is 1. The van der Waals surface area contributed by atoms with Crippen LogP contribution in [0.2, 0.25) is 0 Å². The minimum Gasteiger partial charge on any atom is -0.493 e. The first kappa shape index (κ1) is 23.8. The molecule has 1 heterocycles. The Morgan fingerprint density at radius 1 is 1.00 bits per heavy atom. The molecule has 0 aliphatic rings. The van der Waals surface area contributed by atoms with Crippen molar-refractivity contribution in [3.05, 3.63) is 111 Å². The van der Waals surface area contributed by atoms with E-state index in [9.17, 15) is 4.79 Å². The highest BCUT2D eigenvalue weighted by Crippen LogP contribution is 2.33. The number of rotatable bonds is 8. The Morgan fingerprint density at radius 2 is 1.74 bits per heavy atom. The molecular formula is C26H21Br2N3O3. The standard InChI is InChI=1S/C26H21Br2N3O3/c1-33-24-14-19(22(28)15-25(24)34-17-18-8-10-20(27)11-9-18)16-29-30-26(32)21-6-2-3-7-23(21)31-12-4-5-13-31/h2-16H,17H2,1H3,(H,30,32). The maximum absolute atomic E-state index is 12.8. The summed E-state index contributed by atoms with van der Waals surface area (Å²) in [5.41, 5.74) is 5.66. The Labute approximate surface area is 214 Å². The summed E-state index contributed by atoms with van der Waals surface area (Å²) in [7, 11) is 1.58. The average molecular weight is 583 g/mol. The molecule has 0 fully saturated rings. The molecule has 0 radical (unpaired) electrons. The van der Waals surface area contributed by atoms with Gasteiger partial charge < -0.3 is 14.0 Å². The van der Waals surface area contributed by atoms with Crippen LogP contribution in [0.3, 0.4) is 0 Å². The molecule has 0 saturated carbocycles. The maximum atomic E-state index is 12.8. The summed E-state index contributed by atoms with van der Waals surface area (Å²) >= 11 is 6.98. The molecule has 0 atom stereocenters. The van der Waals surface area contributed by atoms with Crippen LogP contribution >= 0.6 is 31.9 Å². The number of methoxy groups -OCH3 is 1. The van der Waals surface area contributed by atoms with Crippen LogP contribution in [-0.4, -0.2) is 23.8 Å². The number of amides is 1. The first-order chi connectivity index (χ1) is 16.5. The van der Waals surface area contributed by atoms with E-state index in [0.717, 1.165) is 25.8 Å². The second kappa shape index (κ2) is 11.2. The van der Waals surface area contributed by atoms with Gasteiger partial charge in [0.05, 0.1) is 24.6 Å². The lowest BCUT2D eigenvalue weighted by Crippen LogP contribution is -2.19. The number of carbonyl (C=O) groups excluding carboxylic acids is 1. The zero-order valence-corrected chi connectivity index (χ0v) is 21.4. The highest BCUT2D eigenvalue weighted by Gasteiger charge is 2.12. The normalized spacial score (nSPS) is 10.9. The molecule has 172 valence electrons. The van der Waals surface area contributed by atoms with E-state index < -0.39 is 0 Å². The summed E-state index contributed by atoms with van der Waals surface area (Å²) < 4.78 is 15.1. The van der Waals surface area contributed by atoms with Crippen LogP contribution in [0.1, 0.15) is 21.5 Å². The molecule has 0 bridgehead atoms. The van der Waals surface area contributed by atoms with Gasteiger partial charge in [0.1, 0.15) is 6.61 Å². The summed E-state index contributed by atoms with van der Waals surface area (Å²) in [6, 6.07) is 22.7. The largest absolute Gasteiger partial charge is 0.493 e. The fourth-order valence-electron chi connectivity index (χ4n) is 3.27. The highest BCUT2D eigenvalue weighted by atomic mass is 79.9. The van der Waals surface area contributed by atoms with Crippen molar-refractivity contribution < 1.29 is 14.3 Å². The number of nitrogens with zero attached hydrogens (tertiary/aromatic N) is 2. The molecule has 0 saturated heterocycles. The molecule has 0 unspecified atom stereocenters. The Morgan fingerprint density at radius 3 is 2.47 bits per heavy atom. The maximum Gasteiger partial charge on any atom is 0.273 e. The summed E-state index contributed by atoms with van der Waals surface area (Å²) in [5.74, 6) is 0.850. The zero-order valence-electron chi connectivity index (χ0n) is 18.2. The molecule has 6 nitrogen and oxygen atoms in total. The van der Waals surface area contributed by atoms with E-state index in [-0.39, 0.29) is 5.91 Å². The lowest BCUT2D eigenvalue weighted by Gasteiger charge is -2.13. The van der Waals surface area contributed by atoms with Gasteiger partial charge in [0.2, 0.25) is 0 Å². The minimum atomic E-state index is -0.307. The zero-order chi connectivity index (χ0) is 23.9. The number of halogens is 2. The van der Waals surface area contributed by atoms with Gasteiger partial charge in [0, 0.05) is 26.9 Å². The molecule has 1 N–H and O–H groups in total. The monoisotopic (exact) mass is 581 g/mol. The number of ether oxygens (including phenoxy) is 2. The van der Waals surface area contributed by atoms with Crippen LogP contribution in [0.15, 0.2) is 99.2 Å². The van der Waals surface area contributed by atoms with Gasteiger partial charge in [-0.05, 0) is 70.0 Å². The SMILES string of the molecule is COc1cc(C=NNC(=O)c2ccccc2-n2cccc2)c(Br)cc1OCc1ccc(Br)cc1. The highest BCUT2D eigenvalue weighted by molar-refractivity contribution is 9.10. The van der Waals surface area contributed by atoms with Crippen molar-refractivity contribution >= 4 is 44.0 Å². The summed E-state index contributed by atoms with van der Waals surface area (Å²) in [6.45, 7) is 0.403. The Balaban J connectivity index is 1.46. The van der Waals surface area contributed by atoms with Gasteiger partial charge >= 0.3 is 0 Å². The van der Waals surface area contributed by atoms with E-state index in [2.05, 4.69) is 42.4 Å². The average Bonchev–Trinajstić information content (AvgIpc) is 3.39. The predicted molar refractivity (Wildman–Crippen MR) is 140 cm³/mol. The molecule has 4 rings (SSSR count). The van der Waals surface area contributed by atoms with E-state index in [1.165, 1.54) is 0 Å². The number of hydrogen-bond acceptors (Lipinski definition) is 4. The van der Waals surface area contributed by atoms with E-state index in [1.54, 1.807) is 25.5 Å². The first-order valence-electron chi connectivity index (χ1n) is 10.4. The van der Waals surface area contributed by atoms with Crippen LogP contribution in [0.4, 0.5) is 0 Å². The van der Waals surface area contributed by atoms with Crippen molar-refractivity contribution in [1.82, 2.24) is 9.99 Å². The third kappa shape index (κ3) is 5.76. The molecule has 3 aromatic carbocycles. The summed E-state index contributed by atoms with van der Waals surface area (Å²) in [4.78, 5) is 12.8. The van der Waals surface area contributed by atoms with Crippen molar-refractivity contribution in [2.45, 2.75) is 6.61 Å². The Hall–Kier alpha value is -3.36. The van der Waals surface area contributed by atoms with Gasteiger partial charge in [-0.3, -0.25) is 4.79 Å². The smallest absolute Gasteiger partial charge is 0.273 e. The summed E-state index contributed by atoms with van der Waals surface area (Å²) in [6.07, 6.45) is 5.33. The van der Waals surface area contributed by atoms with E-state index >= 15 is 0 Å². The lowest BCUT2D eigenvalue weighted by molar-refractivity contribution is 0.0955. The van der Waals surface area contributed by atoms with Gasteiger partial charge in [0.25, 0.3) is 5.91 Å². The lowest BCUT2D eigenvalue weighted by atomic mass is 10.1.